The third kappa shape index (κ3) is 4.51. The molecule has 2 heterocycles. The first-order chi connectivity index (χ1) is 15.8. The molecule has 3 aromatic rings. The second-order valence-electron chi connectivity index (χ2n) is 7.84. The Morgan fingerprint density at radius 1 is 1.21 bits per heavy atom. The highest BCUT2D eigenvalue weighted by molar-refractivity contribution is 7.91. The summed E-state index contributed by atoms with van der Waals surface area (Å²) in [7, 11) is -2.44. The standard InChI is InChI=1S/C24H26N2O6S/c1-3-32-24(28)16-6-11-21-20(13-16)23(26-12-4-5-17(27)15-26)22(14-25-21)33(29,30)19-9-7-18(31-2)8-10-19/h6-11,13-14,17,27H,3-5,12,15H2,1-2H3. The zero-order chi connectivity index (χ0) is 23.6. The lowest BCUT2D eigenvalue weighted by atomic mass is 10.0. The van der Waals surface area contributed by atoms with Gasteiger partial charge in [-0.2, -0.15) is 0 Å². The van der Waals surface area contributed by atoms with E-state index in [2.05, 4.69) is 4.98 Å². The number of β-amino-alcohol motifs (C(OH)–C–C–N with tert-alkyl or cyclic N) is 1. The average Bonchev–Trinajstić information content (AvgIpc) is 2.83. The van der Waals surface area contributed by atoms with Crippen LogP contribution in [0.3, 0.4) is 0 Å². The zero-order valence-corrected chi connectivity index (χ0v) is 19.3. The smallest absolute Gasteiger partial charge is 0.338 e. The van der Waals surface area contributed by atoms with E-state index in [0.717, 1.165) is 0 Å². The third-order valence-electron chi connectivity index (χ3n) is 5.69. The summed E-state index contributed by atoms with van der Waals surface area (Å²) >= 11 is 0. The van der Waals surface area contributed by atoms with Crippen LogP contribution in [0.4, 0.5) is 5.69 Å². The van der Waals surface area contributed by atoms with E-state index in [1.807, 2.05) is 4.90 Å². The summed E-state index contributed by atoms with van der Waals surface area (Å²) < 4.78 is 37.6. The average molecular weight is 471 g/mol. The number of carbonyl (C=O) groups is 1. The number of aliphatic hydroxyl groups excluding tert-OH is 1. The van der Waals surface area contributed by atoms with Gasteiger partial charge in [0, 0.05) is 24.7 Å². The first-order valence-electron chi connectivity index (χ1n) is 10.8. The number of piperidine rings is 1. The number of sulfone groups is 1. The highest BCUT2D eigenvalue weighted by Crippen LogP contribution is 2.38. The molecule has 0 aliphatic carbocycles. The number of hydrogen-bond acceptors (Lipinski definition) is 8. The van der Waals surface area contributed by atoms with E-state index in [0.29, 0.717) is 47.3 Å². The van der Waals surface area contributed by atoms with E-state index < -0.39 is 21.9 Å². The Kier molecular flexibility index (Phi) is 6.53. The van der Waals surface area contributed by atoms with Gasteiger partial charge in [0.1, 0.15) is 10.6 Å². The lowest BCUT2D eigenvalue weighted by molar-refractivity contribution is 0.0526. The van der Waals surface area contributed by atoms with Crippen molar-refractivity contribution in [2.24, 2.45) is 0 Å². The summed E-state index contributed by atoms with van der Waals surface area (Å²) in [6, 6.07) is 11.1. The Balaban J connectivity index is 1.94. The molecule has 1 unspecified atom stereocenters. The lowest BCUT2D eigenvalue weighted by Crippen LogP contribution is -2.39. The third-order valence-corrected chi connectivity index (χ3v) is 7.46. The SMILES string of the molecule is CCOC(=O)c1ccc2ncc(S(=O)(=O)c3ccc(OC)cc3)c(N3CCCC(O)C3)c2c1. The number of benzene rings is 2. The molecular formula is C24H26N2O6S. The molecule has 1 fully saturated rings. The topological polar surface area (TPSA) is 106 Å². The van der Waals surface area contributed by atoms with Crippen molar-refractivity contribution in [1.82, 2.24) is 4.98 Å². The lowest BCUT2D eigenvalue weighted by Gasteiger charge is -2.34. The monoisotopic (exact) mass is 470 g/mol. The van der Waals surface area contributed by atoms with Crippen LogP contribution in [0.2, 0.25) is 0 Å². The van der Waals surface area contributed by atoms with Crippen LogP contribution in [-0.4, -0.2) is 57.4 Å². The molecule has 0 saturated carbocycles. The van der Waals surface area contributed by atoms with Crippen LogP contribution in [0.1, 0.15) is 30.1 Å². The number of hydrogen-bond donors (Lipinski definition) is 1. The summed E-state index contributed by atoms with van der Waals surface area (Å²) in [5.74, 6) is 0.0523. The summed E-state index contributed by atoms with van der Waals surface area (Å²) in [6.45, 7) is 2.81. The fourth-order valence-electron chi connectivity index (χ4n) is 4.06. The number of ether oxygens (including phenoxy) is 2. The second kappa shape index (κ2) is 9.36. The Labute approximate surface area is 192 Å². The number of aromatic nitrogens is 1. The van der Waals surface area contributed by atoms with Crippen LogP contribution < -0.4 is 9.64 Å². The van der Waals surface area contributed by atoms with E-state index in [1.54, 1.807) is 37.3 Å². The Morgan fingerprint density at radius 2 is 1.97 bits per heavy atom. The van der Waals surface area contributed by atoms with Gasteiger partial charge in [0.05, 0.1) is 41.5 Å². The minimum absolute atomic E-state index is 0.0234. The number of methoxy groups -OCH3 is 1. The van der Waals surface area contributed by atoms with Crippen molar-refractivity contribution in [3.05, 3.63) is 54.2 Å². The molecular weight excluding hydrogens is 444 g/mol. The predicted molar refractivity (Wildman–Crippen MR) is 124 cm³/mol. The molecule has 1 aliphatic heterocycles. The Hall–Kier alpha value is -3.17. The first-order valence-corrected chi connectivity index (χ1v) is 12.3. The van der Waals surface area contributed by atoms with Gasteiger partial charge in [-0.15, -0.1) is 0 Å². The number of nitrogens with zero attached hydrogens (tertiary/aromatic N) is 2. The maximum Gasteiger partial charge on any atom is 0.338 e. The molecule has 174 valence electrons. The zero-order valence-electron chi connectivity index (χ0n) is 18.5. The Morgan fingerprint density at radius 3 is 2.64 bits per heavy atom. The molecule has 0 radical (unpaired) electrons. The van der Waals surface area contributed by atoms with E-state index in [1.165, 1.54) is 25.4 Å². The van der Waals surface area contributed by atoms with Gasteiger partial charge >= 0.3 is 5.97 Å². The van der Waals surface area contributed by atoms with E-state index >= 15 is 0 Å². The van der Waals surface area contributed by atoms with Gasteiger partial charge in [-0.05, 0) is 62.2 Å². The van der Waals surface area contributed by atoms with Gasteiger partial charge in [-0.25, -0.2) is 13.2 Å². The number of pyridine rings is 1. The molecule has 1 aliphatic rings. The number of rotatable bonds is 6. The summed E-state index contributed by atoms with van der Waals surface area (Å²) in [5.41, 5.74) is 1.29. The number of anilines is 1. The van der Waals surface area contributed by atoms with Crippen LogP contribution in [-0.2, 0) is 14.6 Å². The van der Waals surface area contributed by atoms with Gasteiger partial charge in [0.25, 0.3) is 0 Å². The van der Waals surface area contributed by atoms with E-state index in [4.69, 9.17) is 9.47 Å². The molecule has 0 bridgehead atoms. The van der Waals surface area contributed by atoms with Crippen molar-refractivity contribution in [2.45, 2.75) is 35.7 Å². The van der Waals surface area contributed by atoms with E-state index in [-0.39, 0.29) is 22.9 Å². The number of carbonyl (C=O) groups excluding carboxylic acids is 1. The molecule has 0 amide bonds. The molecule has 1 saturated heterocycles. The minimum Gasteiger partial charge on any atom is -0.497 e. The molecule has 33 heavy (non-hydrogen) atoms. The van der Waals surface area contributed by atoms with Gasteiger partial charge < -0.3 is 19.5 Å². The van der Waals surface area contributed by atoms with Crippen molar-refractivity contribution in [1.29, 1.82) is 0 Å². The van der Waals surface area contributed by atoms with Crippen LogP contribution in [0.15, 0.2) is 58.5 Å². The molecule has 1 atom stereocenters. The highest BCUT2D eigenvalue weighted by atomic mass is 32.2. The first kappa shape index (κ1) is 23.0. The van der Waals surface area contributed by atoms with E-state index in [9.17, 15) is 18.3 Å². The molecule has 9 heteroatoms. The van der Waals surface area contributed by atoms with Crippen molar-refractivity contribution < 1.29 is 27.8 Å². The predicted octanol–water partition coefficient (Wildman–Crippen LogP) is 3.21. The molecule has 0 spiro atoms. The summed E-state index contributed by atoms with van der Waals surface area (Å²) in [4.78, 5) is 18.7. The second-order valence-corrected chi connectivity index (χ2v) is 9.76. The maximum absolute atomic E-state index is 13.7. The molecule has 2 aromatic carbocycles. The number of aliphatic hydroxyl groups is 1. The minimum atomic E-state index is -3.95. The van der Waals surface area contributed by atoms with Crippen LogP contribution in [0.25, 0.3) is 10.9 Å². The molecule has 4 rings (SSSR count). The maximum atomic E-state index is 13.7. The van der Waals surface area contributed by atoms with Gasteiger partial charge in [0.15, 0.2) is 0 Å². The molecule has 1 aromatic heterocycles. The van der Waals surface area contributed by atoms with Crippen LogP contribution in [0.5, 0.6) is 5.75 Å². The van der Waals surface area contributed by atoms with Crippen molar-refractivity contribution in [3.8, 4) is 5.75 Å². The summed E-state index contributed by atoms with van der Waals surface area (Å²) in [5, 5.41) is 10.8. The summed E-state index contributed by atoms with van der Waals surface area (Å²) in [6.07, 6.45) is 2.13. The Bertz CT molecular complexity index is 1270. The largest absolute Gasteiger partial charge is 0.497 e. The van der Waals surface area contributed by atoms with Crippen LogP contribution in [0, 0.1) is 0 Å². The molecule has 8 nitrogen and oxygen atoms in total. The van der Waals surface area contributed by atoms with Crippen molar-refractivity contribution in [2.75, 3.05) is 31.7 Å². The van der Waals surface area contributed by atoms with Gasteiger partial charge in [-0.3, -0.25) is 4.98 Å². The van der Waals surface area contributed by atoms with Crippen molar-refractivity contribution in [3.63, 3.8) is 0 Å². The fraction of sp³-hybridized carbons (Fsp3) is 0.333. The fourth-order valence-corrected chi connectivity index (χ4v) is 5.50. The molecule has 1 N–H and O–H groups in total. The van der Waals surface area contributed by atoms with Gasteiger partial charge in [-0.1, -0.05) is 0 Å². The van der Waals surface area contributed by atoms with Crippen LogP contribution >= 0.6 is 0 Å². The number of fused-ring (bicyclic) bond motifs is 1. The van der Waals surface area contributed by atoms with Crippen molar-refractivity contribution >= 4 is 32.4 Å². The highest BCUT2D eigenvalue weighted by Gasteiger charge is 2.29. The van der Waals surface area contributed by atoms with Gasteiger partial charge in [0.2, 0.25) is 9.84 Å². The normalized spacial score (nSPS) is 16.6. The number of esters is 1. The quantitative estimate of drug-likeness (QED) is 0.548.